The van der Waals surface area contributed by atoms with Gasteiger partial charge in [-0.2, -0.15) is 0 Å². The third kappa shape index (κ3) is 5.01. The van der Waals surface area contributed by atoms with E-state index >= 15 is 0 Å². The molecule has 2 nitrogen and oxygen atoms in total. The Hall–Kier alpha value is -1.38. The molecule has 1 aromatic carbocycles. The largest absolute Gasteiger partial charge is 0.462 e. The van der Waals surface area contributed by atoms with Crippen LogP contribution in [0.25, 0.3) is 0 Å². The topological polar surface area (TPSA) is 26.3 Å². The van der Waals surface area contributed by atoms with Gasteiger partial charge < -0.3 is 4.74 Å². The number of unbranched alkanes of at least 4 members (excludes halogenated alkanes) is 1. The smallest absolute Gasteiger partial charge is 0.338 e. The van der Waals surface area contributed by atoms with E-state index in [4.69, 9.17) is 4.74 Å². The first kappa shape index (κ1) is 15.7. The molecular weight excluding hydrogens is 243 g/mol. The Balaban J connectivity index is 2.52. The third-order valence-electron chi connectivity index (χ3n) is 3.39. The van der Waals surface area contributed by atoms with Crippen LogP contribution in [-0.4, -0.2) is 12.6 Å². The summed E-state index contributed by atoms with van der Waals surface area (Å²) >= 11 is 0. The molecule has 0 saturated carbocycles. The molecule has 0 radical (unpaired) electrons. The summed E-state index contributed by atoms with van der Waals surface area (Å²) in [5, 5.41) is 0. The molecule has 0 spiro atoms. The molecule has 19 heavy (non-hydrogen) atoms. The summed E-state index contributed by atoms with van der Waals surface area (Å²) in [7, 11) is 0. The first-order valence-corrected chi connectivity index (χ1v) is 7.01. The van der Waals surface area contributed by atoms with Gasteiger partial charge in [-0.05, 0) is 43.0 Å². The highest BCUT2D eigenvalue weighted by Crippen LogP contribution is 2.15. The second-order valence-corrected chi connectivity index (χ2v) is 4.98. The van der Waals surface area contributed by atoms with E-state index in [0.29, 0.717) is 23.7 Å². The SMILES string of the molecule is CCCCC(CC)COC(=O)c1ccc(F)c(C)c1. The molecule has 106 valence electrons. The summed E-state index contributed by atoms with van der Waals surface area (Å²) in [5.41, 5.74) is 0.886. The first-order valence-electron chi connectivity index (χ1n) is 7.01. The van der Waals surface area contributed by atoms with Crippen LogP contribution in [0.5, 0.6) is 0 Å². The molecule has 0 aromatic heterocycles. The van der Waals surface area contributed by atoms with Crippen molar-refractivity contribution in [2.75, 3.05) is 6.61 Å². The van der Waals surface area contributed by atoms with Crippen molar-refractivity contribution >= 4 is 5.97 Å². The van der Waals surface area contributed by atoms with Crippen LogP contribution in [0.15, 0.2) is 18.2 Å². The fourth-order valence-electron chi connectivity index (χ4n) is 1.95. The van der Waals surface area contributed by atoms with Crippen LogP contribution in [-0.2, 0) is 4.74 Å². The van der Waals surface area contributed by atoms with Gasteiger partial charge in [0.2, 0.25) is 0 Å². The number of ether oxygens (including phenoxy) is 1. The molecule has 0 fully saturated rings. The average Bonchev–Trinajstić information content (AvgIpc) is 2.41. The molecule has 0 aliphatic rings. The molecule has 0 amide bonds. The molecule has 1 rings (SSSR count). The molecule has 1 aromatic rings. The van der Waals surface area contributed by atoms with Gasteiger partial charge in [-0.3, -0.25) is 0 Å². The molecule has 1 unspecified atom stereocenters. The van der Waals surface area contributed by atoms with Gasteiger partial charge in [0.15, 0.2) is 0 Å². The van der Waals surface area contributed by atoms with E-state index < -0.39 is 0 Å². The van der Waals surface area contributed by atoms with Crippen molar-refractivity contribution in [1.29, 1.82) is 0 Å². The lowest BCUT2D eigenvalue weighted by Crippen LogP contribution is -2.14. The van der Waals surface area contributed by atoms with Gasteiger partial charge in [-0.25, -0.2) is 9.18 Å². The highest BCUT2D eigenvalue weighted by atomic mass is 19.1. The maximum Gasteiger partial charge on any atom is 0.338 e. The van der Waals surface area contributed by atoms with Crippen LogP contribution in [0.4, 0.5) is 4.39 Å². The Labute approximate surface area is 115 Å². The number of hydrogen-bond donors (Lipinski definition) is 0. The minimum absolute atomic E-state index is 0.300. The predicted octanol–water partition coefficient (Wildman–Crippen LogP) is 4.51. The lowest BCUT2D eigenvalue weighted by Gasteiger charge is -2.14. The summed E-state index contributed by atoms with van der Waals surface area (Å²) in [6, 6.07) is 4.31. The molecule has 0 bridgehead atoms. The van der Waals surface area contributed by atoms with Crippen LogP contribution in [0, 0.1) is 18.7 Å². The van der Waals surface area contributed by atoms with E-state index in [-0.39, 0.29) is 11.8 Å². The van der Waals surface area contributed by atoms with Gasteiger partial charge in [-0.15, -0.1) is 0 Å². The van der Waals surface area contributed by atoms with Crippen molar-refractivity contribution in [3.05, 3.63) is 35.1 Å². The summed E-state index contributed by atoms with van der Waals surface area (Å²) in [6.45, 7) is 6.35. The van der Waals surface area contributed by atoms with Crippen molar-refractivity contribution in [2.45, 2.75) is 46.5 Å². The van der Waals surface area contributed by atoms with Gasteiger partial charge in [0, 0.05) is 0 Å². The standard InChI is InChI=1S/C16H23FO2/c1-4-6-7-13(5-2)11-19-16(18)14-8-9-15(17)12(3)10-14/h8-10,13H,4-7,11H2,1-3H3. The summed E-state index contributed by atoms with van der Waals surface area (Å²) in [5.74, 6) is -0.241. The third-order valence-corrected chi connectivity index (χ3v) is 3.39. The van der Waals surface area contributed by atoms with Crippen molar-refractivity contribution in [3.63, 3.8) is 0 Å². The zero-order valence-corrected chi connectivity index (χ0v) is 12.0. The van der Waals surface area contributed by atoms with Gasteiger partial charge >= 0.3 is 5.97 Å². The lowest BCUT2D eigenvalue weighted by atomic mass is 10.0. The summed E-state index contributed by atoms with van der Waals surface area (Å²) in [6.07, 6.45) is 4.41. The van der Waals surface area contributed by atoms with Crippen LogP contribution in [0.1, 0.15) is 55.5 Å². The first-order chi connectivity index (χ1) is 9.08. The van der Waals surface area contributed by atoms with Gasteiger partial charge in [0.25, 0.3) is 0 Å². The van der Waals surface area contributed by atoms with Gasteiger partial charge in [-0.1, -0.05) is 33.1 Å². The second-order valence-electron chi connectivity index (χ2n) is 4.98. The van der Waals surface area contributed by atoms with E-state index in [1.807, 2.05) is 0 Å². The maximum atomic E-state index is 13.1. The summed E-state index contributed by atoms with van der Waals surface area (Å²) < 4.78 is 18.4. The minimum Gasteiger partial charge on any atom is -0.462 e. The van der Waals surface area contributed by atoms with Gasteiger partial charge in [0.1, 0.15) is 5.82 Å². The highest BCUT2D eigenvalue weighted by Gasteiger charge is 2.12. The minimum atomic E-state index is -0.363. The van der Waals surface area contributed by atoms with Crippen LogP contribution in [0.2, 0.25) is 0 Å². The van der Waals surface area contributed by atoms with E-state index in [0.717, 1.165) is 25.7 Å². The average molecular weight is 266 g/mol. The predicted molar refractivity (Wildman–Crippen MR) is 74.7 cm³/mol. The number of aryl methyl sites for hydroxylation is 1. The van der Waals surface area contributed by atoms with E-state index in [1.54, 1.807) is 6.92 Å². The highest BCUT2D eigenvalue weighted by molar-refractivity contribution is 5.89. The number of carbonyl (C=O) groups excluding carboxylic acids is 1. The van der Waals surface area contributed by atoms with Crippen molar-refractivity contribution < 1.29 is 13.9 Å². The fraction of sp³-hybridized carbons (Fsp3) is 0.562. The molecule has 1 atom stereocenters. The normalized spacial score (nSPS) is 12.2. The number of hydrogen-bond acceptors (Lipinski definition) is 2. The zero-order valence-electron chi connectivity index (χ0n) is 12.0. The zero-order chi connectivity index (χ0) is 14.3. The second kappa shape index (κ2) is 7.93. The molecule has 0 heterocycles. The van der Waals surface area contributed by atoms with Crippen LogP contribution >= 0.6 is 0 Å². The van der Waals surface area contributed by atoms with Crippen LogP contribution < -0.4 is 0 Å². The Morgan fingerprint density at radius 3 is 2.68 bits per heavy atom. The molecule has 0 aliphatic carbocycles. The van der Waals surface area contributed by atoms with E-state index in [2.05, 4.69) is 13.8 Å². The molecule has 3 heteroatoms. The van der Waals surface area contributed by atoms with E-state index in [9.17, 15) is 9.18 Å². The number of halogens is 1. The molecular formula is C16H23FO2. The maximum absolute atomic E-state index is 13.1. The Morgan fingerprint density at radius 1 is 1.37 bits per heavy atom. The summed E-state index contributed by atoms with van der Waals surface area (Å²) in [4.78, 5) is 11.9. The fourth-order valence-corrected chi connectivity index (χ4v) is 1.95. The number of benzene rings is 1. The monoisotopic (exact) mass is 266 g/mol. The quantitative estimate of drug-likeness (QED) is 0.679. The number of esters is 1. The van der Waals surface area contributed by atoms with E-state index in [1.165, 1.54) is 18.2 Å². The molecule has 0 aliphatic heterocycles. The van der Waals surface area contributed by atoms with Crippen LogP contribution in [0.3, 0.4) is 0 Å². The van der Waals surface area contributed by atoms with Crippen molar-refractivity contribution in [2.24, 2.45) is 5.92 Å². The van der Waals surface area contributed by atoms with Gasteiger partial charge in [0.05, 0.1) is 12.2 Å². The number of rotatable bonds is 7. The lowest BCUT2D eigenvalue weighted by molar-refractivity contribution is 0.0428. The Morgan fingerprint density at radius 2 is 2.11 bits per heavy atom. The Bertz CT molecular complexity index is 415. The number of carbonyl (C=O) groups is 1. The molecule has 0 saturated heterocycles. The molecule has 0 N–H and O–H groups in total. The Kier molecular flexibility index (Phi) is 6.54. The van der Waals surface area contributed by atoms with Crippen molar-refractivity contribution in [1.82, 2.24) is 0 Å². The van der Waals surface area contributed by atoms with Crippen molar-refractivity contribution in [3.8, 4) is 0 Å².